The van der Waals surface area contributed by atoms with Gasteiger partial charge in [0.05, 0.1) is 17.1 Å². The topological polar surface area (TPSA) is 128 Å². The van der Waals surface area contributed by atoms with Crippen LogP contribution in [-0.2, 0) is 28.7 Å². The molecule has 4 amide bonds. The van der Waals surface area contributed by atoms with E-state index in [0.29, 0.717) is 25.4 Å². The summed E-state index contributed by atoms with van der Waals surface area (Å²) in [6.45, 7) is 7.87. The fourth-order valence-electron chi connectivity index (χ4n) is 5.03. The van der Waals surface area contributed by atoms with E-state index in [9.17, 15) is 24.0 Å². The molecule has 1 unspecified atom stereocenters. The van der Waals surface area contributed by atoms with Gasteiger partial charge in [0.25, 0.3) is 6.47 Å². The maximum atomic E-state index is 12.3. The molecular formula is C30H47N5O6. The second-order valence-electron chi connectivity index (χ2n) is 11.6. The molecule has 2 N–H and O–H groups in total. The predicted molar refractivity (Wildman–Crippen MR) is 160 cm³/mol. The van der Waals surface area contributed by atoms with Crippen LogP contribution in [0, 0.1) is 0 Å². The highest BCUT2D eigenvalue weighted by Crippen LogP contribution is 2.38. The summed E-state index contributed by atoms with van der Waals surface area (Å²) in [5.74, 6) is -0.526. The van der Waals surface area contributed by atoms with Crippen molar-refractivity contribution in [2.75, 3.05) is 42.3 Å². The Kier molecular flexibility index (Phi) is 13.6. The highest BCUT2D eigenvalue weighted by molar-refractivity contribution is 6.02. The first-order valence-electron chi connectivity index (χ1n) is 14.5. The molecule has 228 valence electrons. The fraction of sp³-hybridized carbons (Fsp3) is 0.633. The van der Waals surface area contributed by atoms with Crippen LogP contribution >= 0.6 is 0 Å². The second kappa shape index (κ2) is 16.6. The number of likely N-dealkylation sites (tertiary alicyclic amines) is 1. The van der Waals surface area contributed by atoms with Gasteiger partial charge in [-0.25, -0.2) is 0 Å². The van der Waals surface area contributed by atoms with Gasteiger partial charge in [0.15, 0.2) is 0 Å². The number of benzene rings is 1. The van der Waals surface area contributed by atoms with Crippen LogP contribution in [0.1, 0.15) is 78.6 Å². The number of nitrogens with zero attached hydrogens (tertiary/aromatic N) is 3. The van der Waals surface area contributed by atoms with Gasteiger partial charge in [-0.3, -0.25) is 29.3 Å². The maximum Gasteiger partial charge on any atom is 0.293 e. The van der Waals surface area contributed by atoms with E-state index in [0.717, 1.165) is 55.8 Å². The Balaban J connectivity index is 0.000000344. The molecule has 2 aliphatic heterocycles. The summed E-state index contributed by atoms with van der Waals surface area (Å²) in [6, 6.07) is 5.78. The molecule has 3 aliphatic rings. The number of likely N-dealkylation sites (N-methyl/N-ethyl adjacent to an activating group) is 1. The first-order valence-corrected chi connectivity index (χ1v) is 14.5. The number of carbonyl (C=O) groups excluding carboxylic acids is 5. The van der Waals surface area contributed by atoms with Crippen LogP contribution < -0.4 is 20.4 Å². The lowest BCUT2D eigenvalue weighted by Gasteiger charge is -2.35. The Labute approximate surface area is 243 Å². The number of carbonyl (C=O) groups is 5. The maximum absolute atomic E-state index is 12.3. The molecule has 11 heteroatoms. The number of anilines is 3. The second-order valence-corrected chi connectivity index (χ2v) is 11.6. The number of ether oxygens (including phenoxy) is 1. The molecule has 1 aliphatic carbocycles. The minimum Gasteiger partial charge on any atom is -0.462 e. The van der Waals surface area contributed by atoms with E-state index >= 15 is 0 Å². The number of nitrogens with one attached hydrogen (secondary N) is 2. The SMILES string of the molecule is CC(C)(C)OC=O.CN(C=O)c1c(NC2CCCCC2)cccc1N(C)C1CCC(=O)NC1=O.O=CN1CCCC1. The van der Waals surface area contributed by atoms with E-state index in [-0.39, 0.29) is 17.4 Å². The molecule has 0 radical (unpaired) electrons. The van der Waals surface area contributed by atoms with Gasteiger partial charge in [-0.2, -0.15) is 0 Å². The Hall–Kier alpha value is -3.63. The van der Waals surface area contributed by atoms with Crippen LogP contribution in [0.4, 0.5) is 17.1 Å². The molecule has 0 spiro atoms. The molecule has 1 atom stereocenters. The Morgan fingerprint density at radius 3 is 2.12 bits per heavy atom. The van der Waals surface area contributed by atoms with Crippen molar-refractivity contribution in [2.45, 2.75) is 96.2 Å². The fourth-order valence-corrected chi connectivity index (χ4v) is 5.03. The predicted octanol–water partition coefficient (Wildman–Crippen LogP) is 3.46. The molecule has 41 heavy (non-hydrogen) atoms. The smallest absolute Gasteiger partial charge is 0.293 e. The van der Waals surface area contributed by atoms with Crippen molar-refractivity contribution in [3.8, 4) is 0 Å². The van der Waals surface area contributed by atoms with E-state index in [4.69, 9.17) is 0 Å². The number of rotatable bonds is 8. The zero-order valence-electron chi connectivity index (χ0n) is 25.2. The molecular weight excluding hydrogens is 526 g/mol. The Bertz CT molecular complexity index is 1020. The van der Waals surface area contributed by atoms with Crippen LogP contribution in [0.5, 0.6) is 0 Å². The van der Waals surface area contributed by atoms with Crippen molar-refractivity contribution in [3.63, 3.8) is 0 Å². The number of hydrogen-bond acceptors (Lipinski definition) is 8. The zero-order chi connectivity index (χ0) is 30.4. The van der Waals surface area contributed by atoms with Crippen molar-refractivity contribution in [3.05, 3.63) is 18.2 Å². The number of hydrogen-bond donors (Lipinski definition) is 2. The molecule has 11 nitrogen and oxygen atoms in total. The summed E-state index contributed by atoms with van der Waals surface area (Å²) in [4.78, 5) is 60.1. The van der Waals surface area contributed by atoms with E-state index in [1.165, 1.54) is 32.1 Å². The summed E-state index contributed by atoms with van der Waals surface area (Å²) in [5, 5.41) is 6.00. The van der Waals surface area contributed by atoms with Crippen molar-refractivity contribution < 1.29 is 28.7 Å². The highest BCUT2D eigenvalue weighted by atomic mass is 16.5. The van der Waals surface area contributed by atoms with Crippen molar-refractivity contribution in [2.24, 2.45) is 0 Å². The van der Waals surface area contributed by atoms with Gasteiger partial charge in [-0.1, -0.05) is 25.3 Å². The number of imide groups is 1. The molecule has 2 saturated heterocycles. The van der Waals surface area contributed by atoms with Crippen LogP contribution in [0.3, 0.4) is 0 Å². The number of para-hydroxylation sites is 1. The monoisotopic (exact) mass is 573 g/mol. The lowest BCUT2D eigenvalue weighted by molar-refractivity contribution is -0.139. The van der Waals surface area contributed by atoms with Gasteiger partial charge in [0.2, 0.25) is 24.6 Å². The normalized spacial score (nSPS) is 19.0. The average Bonchev–Trinajstić information content (AvgIpc) is 3.47. The van der Waals surface area contributed by atoms with Crippen LogP contribution in [0.25, 0.3) is 0 Å². The zero-order valence-corrected chi connectivity index (χ0v) is 25.2. The summed E-state index contributed by atoms with van der Waals surface area (Å²) in [6.07, 6.45) is 10.8. The van der Waals surface area contributed by atoms with Crippen molar-refractivity contribution in [1.82, 2.24) is 10.2 Å². The van der Waals surface area contributed by atoms with Gasteiger partial charge in [0.1, 0.15) is 11.6 Å². The first-order chi connectivity index (χ1) is 19.5. The highest BCUT2D eigenvalue weighted by Gasteiger charge is 2.32. The third-order valence-electron chi connectivity index (χ3n) is 7.24. The number of piperidine rings is 1. The van der Waals surface area contributed by atoms with E-state index in [1.54, 1.807) is 16.8 Å². The summed E-state index contributed by atoms with van der Waals surface area (Å²) in [7, 11) is 3.55. The van der Waals surface area contributed by atoms with Crippen molar-refractivity contribution >= 4 is 48.2 Å². The Morgan fingerprint density at radius 1 is 0.976 bits per heavy atom. The molecule has 0 bridgehead atoms. The standard InChI is InChI=1S/C20H28N4O3.C5H9NO.C5H10O2/c1-23(13-25)19-15(21-14-7-4-3-5-8-14)9-6-10-16(19)24(2)17-11-12-18(26)22-20(17)27;7-5-6-3-1-2-4-6;1-5(2,3)7-4-6/h6,9-10,13-14,17,21H,3-5,7-8,11-12H2,1-2H3,(H,22,26,27);5H,1-4H2;4H,1-3H3. The van der Waals surface area contributed by atoms with Crippen molar-refractivity contribution in [1.29, 1.82) is 0 Å². The largest absolute Gasteiger partial charge is 0.462 e. The molecule has 0 aromatic heterocycles. The third-order valence-corrected chi connectivity index (χ3v) is 7.24. The average molecular weight is 574 g/mol. The van der Waals surface area contributed by atoms with Gasteiger partial charge >= 0.3 is 0 Å². The van der Waals surface area contributed by atoms with E-state index in [1.807, 2.05) is 50.9 Å². The molecule has 2 heterocycles. The van der Waals surface area contributed by atoms with Gasteiger partial charge < -0.3 is 24.8 Å². The Morgan fingerprint density at radius 2 is 1.63 bits per heavy atom. The molecule has 1 saturated carbocycles. The van der Waals surface area contributed by atoms with Crippen LogP contribution in [0.2, 0.25) is 0 Å². The lowest BCUT2D eigenvalue weighted by Crippen LogP contribution is -2.51. The quantitative estimate of drug-likeness (QED) is 0.358. The minimum absolute atomic E-state index is 0.234. The lowest BCUT2D eigenvalue weighted by atomic mass is 9.95. The van der Waals surface area contributed by atoms with Crippen LogP contribution in [-0.4, -0.2) is 80.9 Å². The molecule has 1 aromatic carbocycles. The number of amides is 4. The third kappa shape index (κ3) is 11.0. The van der Waals surface area contributed by atoms with Gasteiger partial charge in [-0.15, -0.1) is 0 Å². The van der Waals surface area contributed by atoms with Crippen LogP contribution in [0.15, 0.2) is 18.2 Å². The molecule has 4 rings (SSSR count). The first kappa shape index (κ1) is 33.6. The van der Waals surface area contributed by atoms with Gasteiger partial charge in [-0.05, 0) is 65.0 Å². The van der Waals surface area contributed by atoms with E-state index in [2.05, 4.69) is 15.4 Å². The van der Waals surface area contributed by atoms with E-state index < -0.39 is 6.04 Å². The van der Waals surface area contributed by atoms with Gasteiger partial charge in [0, 0.05) is 39.6 Å². The summed E-state index contributed by atoms with van der Waals surface area (Å²) in [5.41, 5.74) is 2.13. The molecule has 3 fully saturated rings. The molecule has 1 aromatic rings. The minimum atomic E-state index is -0.438. The summed E-state index contributed by atoms with van der Waals surface area (Å²) >= 11 is 0. The summed E-state index contributed by atoms with van der Waals surface area (Å²) < 4.78 is 4.55.